The van der Waals surface area contributed by atoms with Gasteiger partial charge in [-0.3, -0.25) is 0 Å². The van der Waals surface area contributed by atoms with Gasteiger partial charge in [-0.25, -0.2) is 4.98 Å². The fraction of sp³-hybridized carbons (Fsp3) is 0.458. The Balaban J connectivity index is 1.59. The maximum Gasteiger partial charge on any atom is 0.416 e. The maximum absolute atomic E-state index is 13.3. The van der Waals surface area contributed by atoms with Crippen molar-refractivity contribution in [3.63, 3.8) is 0 Å². The van der Waals surface area contributed by atoms with Crippen molar-refractivity contribution in [3.05, 3.63) is 48.0 Å². The molecule has 164 valence electrons. The number of phenols is 1. The Morgan fingerprint density at radius 2 is 1.74 bits per heavy atom. The minimum Gasteiger partial charge on any atom is -0.508 e. The summed E-state index contributed by atoms with van der Waals surface area (Å²) in [7, 11) is 0. The van der Waals surface area contributed by atoms with Crippen LogP contribution in [0.25, 0.3) is 22.4 Å². The van der Waals surface area contributed by atoms with Crippen LogP contribution in [0.15, 0.2) is 42.5 Å². The van der Waals surface area contributed by atoms with Gasteiger partial charge in [0, 0.05) is 18.2 Å². The normalized spacial score (nSPS) is 22.5. The van der Waals surface area contributed by atoms with Gasteiger partial charge in [0.05, 0.1) is 16.6 Å². The molecule has 2 saturated heterocycles. The number of nitrogens with zero attached hydrogens (tertiary/aromatic N) is 3. The van der Waals surface area contributed by atoms with Crippen LogP contribution in [0.5, 0.6) is 5.75 Å². The summed E-state index contributed by atoms with van der Waals surface area (Å²) in [4.78, 5) is 7.22. The summed E-state index contributed by atoms with van der Waals surface area (Å²) in [6.45, 7) is 3.02. The highest BCUT2D eigenvalue weighted by Crippen LogP contribution is 2.36. The first kappa shape index (κ1) is 20.4. The standard InChI is InChI=1S/C24H26F3N3O/c25-24(26,27)18-8-11-22-20(14-18)28-23(16-6-9-19(31)10-7-16)30(22)15-17-4-3-13-29-12-2-1-5-21(17)29/h6-11,14,17,21,31H,1-5,12-13,15H2/t17-,21?/m1/s1. The summed E-state index contributed by atoms with van der Waals surface area (Å²) >= 11 is 0. The molecule has 2 aromatic carbocycles. The van der Waals surface area contributed by atoms with Crippen LogP contribution in [-0.4, -0.2) is 38.7 Å². The molecule has 0 radical (unpaired) electrons. The summed E-state index contributed by atoms with van der Waals surface area (Å²) in [6, 6.07) is 11.1. The molecule has 2 aliphatic rings. The number of hydrogen-bond donors (Lipinski definition) is 1. The van der Waals surface area contributed by atoms with Crippen molar-refractivity contribution in [2.45, 2.75) is 50.9 Å². The topological polar surface area (TPSA) is 41.3 Å². The number of benzene rings is 2. The molecule has 1 N–H and O–H groups in total. The molecule has 2 atom stereocenters. The van der Waals surface area contributed by atoms with E-state index < -0.39 is 11.7 Å². The molecule has 4 nitrogen and oxygen atoms in total. The number of fused-ring (bicyclic) bond motifs is 2. The molecule has 0 spiro atoms. The summed E-state index contributed by atoms with van der Waals surface area (Å²) in [6.07, 6.45) is 1.54. The predicted molar refractivity (Wildman–Crippen MR) is 114 cm³/mol. The van der Waals surface area contributed by atoms with Gasteiger partial charge in [-0.15, -0.1) is 0 Å². The van der Waals surface area contributed by atoms with Gasteiger partial charge in [0.15, 0.2) is 0 Å². The molecule has 5 rings (SSSR count). The molecule has 2 aliphatic heterocycles. The van der Waals surface area contributed by atoms with E-state index in [0.717, 1.165) is 55.7 Å². The lowest BCUT2D eigenvalue weighted by atomic mass is 9.83. The molecule has 1 aromatic heterocycles. The number of hydrogen-bond acceptors (Lipinski definition) is 3. The largest absolute Gasteiger partial charge is 0.508 e. The van der Waals surface area contributed by atoms with Crippen molar-refractivity contribution in [1.82, 2.24) is 14.5 Å². The first-order chi connectivity index (χ1) is 14.9. The quantitative estimate of drug-likeness (QED) is 0.581. The highest BCUT2D eigenvalue weighted by Gasteiger charge is 2.34. The number of aromatic hydroxyl groups is 1. The van der Waals surface area contributed by atoms with Crippen molar-refractivity contribution in [1.29, 1.82) is 0 Å². The van der Waals surface area contributed by atoms with Crippen LogP contribution in [0.4, 0.5) is 13.2 Å². The molecule has 0 amide bonds. The maximum atomic E-state index is 13.3. The van der Waals surface area contributed by atoms with Crippen LogP contribution in [0.1, 0.15) is 37.7 Å². The van der Waals surface area contributed by atoms with E-state index in [9.17, 15) is 18.3 Å². The minimum absolute atomic E-state index is 0.149. The Kier molecular flexibility index (Phi) is 5.16. The molecule has 3 aromatic rings. The van der Waals surface area contributed by atoms with E-state index in [0.29, 0.717) is 23.3 Å². The zero-order chi connectivity index (χ0) is 21.6. The van der Waals surface area contributed by atoms with Crippen molar-refractivity contribution < 1.29 is 18.3 Å². The van der Waals surface area contributed by atoms with E-state index in [1.807, 2.05) is 0 Å². The van der Waals surface area contributed by atoms with Crippen molar-refractivity contribution in [2.24, 2.45) is 5.92 Å². The van der Waals surface area contributed by atoms with Gasteiger partial charge in [0.25, 0.3) is 0 Å². The van der Waals surface area contributed by atoms with Crippen LogP contribution >= 0.6 is 0 Å². The number of phenolic OH excluding ortho intramolecular Hbond substituents is 1. The van der Waals surface area contributed by atoms with Crippen molar-refractivity contribution >= 4 is 11.0 Å². The van der Waals surface area contributed by atoms with Crippen molar-refractivity contribution in [3.8, 4) is 17.1 Å². The molecular weight excluding hydrogens is 403 g/mol. The summed E-state index contributed by atoms with van der Waals surface area (Å²) in [5.41, 5.74) is 1.19. The van der Waals surface area contributed by atoms with E-state index >= 15 is 0 Å². The van der Waals surface area contributed by atoms with Crippen LogP contribution in [0, 0.1) is 5.92 Å². The Morgan fingerprint density at radius 1 is 0.968 bits per heavy atom. The molecular formula is C24H26F3N3O. The highest BCUT2D eigenvalue weighted by atomic mass is 19.4. The van der Waals surface area contributed by atoms with E-state index in [2.05, 4.69) is 14.5 Å². The second-order valence-corrected chi connectivity index (χ2v) is 8.80. The van der Waals surface area contributed by atoms with E-state index in [1.54, 1.807) is 30.3 Å². The molecule has 1 unspecified atom stereocenters. The fourth-order valence-corrected chi connectivity index (χ4v) is 5.35. The van der Waals surface area contributed by atoms with E-state index in [-0.39, 0.29) is 5.75 Å². The molecule has 3 heterocycles. The van der Waals surface area contributed by atoms with Gasteiger partial charge in [0.1, 0.15) is 11.6 Å². The number of imidazole rings is 1. The predicted octanol–water partition coefficient (Wildman–Crippen LogP) is 5.69. The monoisotopic (exact) mass is 429 g/mol. The number of aromatic nitrogens is 2. The SMILES string of the molecule is Oc1ccc(-c2nc3cc(C(F)(F)F)ccc3n2C[C@H]2CCCN3CCCCC23)cc1. The molecule has 31 heavy (non-hydrogen) atoms. The summed E-state index contributed by atoms with van der Waals surface area (Å²) in [5, 5.41) is 9.67. The Morgan fingerprint density at radius 3 is 2.52 bits per heavy atom. The minimum atomic E-state index is -4.40. The van der Waals surface area contributed by atoms with Crippen LogP contribution in [0.2, 0.25) is 0 Å². The lowest BCUT2D eigenvalue weighted by Crippen LogP contribution is -2.49. The Bertz CT molecular complexity index is 1070. The average molecular weight is 429 g/mol. The fourth-order valence-electron chi connectivity index (χ4n) is 5.35. The smallest absolute Gasteiger partial charge is 0.416 e. The second-order valence-electron chi connectivity index (χ2n) is 8.80. The first-order valence-corrected chi connectivity index (χ1v) is 11.0. The van der Waals surface area contributed by atoms with Gasteiger partial charge in [0.2, 0.25) is 0 Å². The first-order valence-electron chi connectivity index (χ1n) is 11.0. The number of alkyl halides is 3. The van der Waals surface area contributed by atoms with Gasteiger partial charge in [-0.2, -0.15) is 13.2 Å². The van der Waals surface area contributed by atoms with Crippen LogP contribution in [0.3, 0.4) is 0 Å². The molecule has 2 fully saturated rings. The summed E-state index contributed by atoms with van der Waals surface area (Å²) in [5.74, 6) is 1.25. The molecule has 0 aliphatic carbocycles. The number of halogens is 3. The van der Waals surface area contributed by atoms with E-state index in [4.69, 9.17) is 0 Å². The average Bonchev–Trinajstić information content (AvgIpc) is 3.11. The molecule has 7 heteroatoms. The summed E-state index contributed by atoms with van der Waals surface area (Å²) < 4.78 is 41.9. The lowest BCUT2D eigenvalue weighted by molar-refractivity contribution is -0.137. The van der Waals surface area contributed by atoms with Crippen LogP contribution < -0.4 is 0 Å². The van der Waals surface area contributed by atoms with E-state index in [1.165, 1.54) is 19.3 Å². The number of piperidine rings is 2. The molecule has 0 saturated carbocycles. The van der Waals surface area contributed by atoms with Gasteiger partial charge >= 0.3 is 6.18 Å². The van der Waals surface area contributed by atoms with Gasteiger partial charge < -0.3 is 14.6 Å². The Labute approximate surface area is 179 Å². The Hall–Kier alpha value is -2.54. The third-order valence-corrected chi connectivity index (χ3v) is 6.85. The third kappa shape index (κ3) is 3.91. The zero-order valence-corrected chi connectivity index (χ0v) is 17.3. The van der Waals surface area contributed by atoms with Gasteiger partial charge in [-0.05, 0) is 87.2 Å². The van der Waals surface area contributed by atoms with Crippen LogP contribution in [-0.2, 0) is 12.7 Å². The lowest BCUT2D eigenvalue weighted by Gasteiger charge is -2.44. The third-order valence-electron chi connectivity index (χ3n) is 6.85. The van der Waals surface area contributed by atoms with Crippen molar-refractivity contribution in [2.75, 3.05) is 13.1 Å². The second kappa shape index (κ2) is 7.86. The zero-order valence-electron chi connectivity index (χ0n) is 17.3. The number of rotatable bonds is 3. The van der Waals surface area contributed by atoms with Gasteiger partial charge in [-0.1, -0.05) is 6.42 Å². The molecule has 0 bridgehead atoms. The highest BCUT2D eigenvalue weighted by molar-refractivity contribution is 5.81.